The molecule has 0 saturated heterocycles. The Kier molecular flexibility index (Phi) is 6.02. The summed E-state index contributed by atoms with van der Waals surface area (Å²) in [5.41, 5.74) is 5.22. The maximum absolute atomic E-state index is 4.52. The van der Waals surface area contributed by atoms with Crippen molar-refractivity contribution in [2.45, 2.75) is 46.1 Å². The van der Waals surface area contributed by atoms with Crippen LogP contribution < -0.4 is 5.32 Å². The van der Waals surface area contributed by atoms with Gasteiger partial charge in [-0.2, -0.15) is 16.4 Å². The van der Waals surface area contributed by atoms with E-state index >= 15 is 0 Å². The van der Waals surface area contributed by atoms with Gasteiger partial charge in [-0.3, -0.25) is 4.68 Å². The highest BCUT2D eigenvalue weighted by atomic mass is 79.9. The van der Waals surface area contributed by atoms with E-state index < -0.39 is 0 Å². The number of nitrogens with one attached hydrogen (secondary N) is 1. The summed E-state index contributed by atoms with van der Waals surface area (Å²) in [6.07, 6.45) is 3.32. The minimum atomic E-state index is 0.407. The van der Waals surface area contributed by atoms with Crippen molar-refractivity contribution in [2.75, 3.05) is 6.54 Å². The van der Waals surface area contributed by atoms with Gasteiger partial charge >= 0.3 is 0 Å². The quantitative estimate of drug-likeness (QED) is 0.776. The molecule has 2 aromatic heterocycles. The van der Waals surface area contributed by atoms with Crippen LogP contribution in [0.3, 0.4) is 0 Å². The number of halogens is 1. The van der Waals surface area contributed by atoms with Crippen LogP contribution in [0.4, 0.5) is 0 Å². The molecule has 0 spiro atoms. The molecule has 116 valence electrons. The third-order valence-corrected chi connectivity index (χ3v) is 5.75. The summed E-state index contributed by atoms with van der Waals surface area (Å²) in [7, 11) is 2.02. The van der Waals surface area contributed by atoms with Crippen LogP contribution in [0.2, 0.25) is 0 Å². The molecule has 1 unspecified atom stereocenters. The van der Waals surface area contributed by atoms with Crippen molar-refractivity contribution in [1.29, 1.82) is 0 Å². The van der Waals surface area contributed by atoms with Crippen molar-refractivity contribution in [3.05, 3.63) is 37.7 Å². The normalized spacial score (nSPS) is 12.8. The molecule has 1 atom stereocenters. The maximum atomic E-state index is 4.52. The molecular formula is C16H24BrN3S. The molecule has 3 nitrogen and oxygen atoms in total. The smallest absolute Gasteiger partial charge is 0.0628 e. The van der Waals surface area contributed by atoms with Gasteiger partial charge in [0.05, 0.1) is 5.69 Å². The van der Waals surface area contributed by atoms with Crippen molar-refractivity contribution < 1.29 is 0 Å². The summed E-state index contributed by atoms with van der Waals surface area (Å²) < 4.78 is 3.21. The van der Waals surface area contributed by atoms with Crippen LogP contribution in [0.5, 0.6) is 0 Å². The van der Waals surface area contributed by atoms with E-state index in [0.717, 1.165) is 31.5 Å². The Morgan fingerprint density at radius 1 is 1.38 bits per heavy atom. The predicted octanol–water partition coefficient (Wildman–Crippen LogP) is 4.53. The molecule has 0 saturated carbocycles. The van der Waals surface area contributed by atoms with Gasteiger partial charge in [0.15, 0.2) is 0 Å². The van der Waals surface area contributed by atoms with Gasteiger partial charge in [0.1, 0.15) is 0 Å². The third kappa shape index (κ3) is 3.96. The first-order valence-electron chi connectivity index (χ1n) is 7.48. The van der Waals surface area contributed by atoms with Gasteiger partial charge in [0.25, 0.3) is 0 Å². The molecular weight excluding hydrogens is 346 g/mol. The summed E-state index contributed by atoms with van der Waals surface area (Å²) in [5.74, 6) is 0. The number of aromatic nitrogens is 2. The molecule has 0 aliphatic heterocycles. The molecule has 0 aromatic carbocycles. The Morgan fingerprint density at radius 2 is 2.14 bits per heavy atom. The van der Waals surface area contributed by atoms with E-state index in [-0.39, 0.29) is 0 Å². The highest BCUT2D eigenvalue weighted by Crippen LogP contribution is 2.30. The highest BCUT2D eigenvalue weighted by Gasteiger charge is 2.17. The Morgan fingerprint density at radius 3 is 2.67 bits per heavy atom. The summed E-state index contributed by atoms with van der Waals surface area (Å²) >= 11 is 5.43. The van der Waals surface area contributed by atoms with Crippen molar-refractivity contribution >= 4 is 27.3 Å². The molecule has 0 aliphatic rings. The van der Waals surface area contributed by atoms with Gasteiger partial charge in [0, 0.05) is 28.6 Å². The van der Waals surface area contributed by atoms with Gasteiger partial charge in [-0.25, -0.2) is 0 Å². The lowest BCUT2D eigenvalue weighted by Crippen LogP contribution is -2.22. The number of rotatable bonds is 7. The summed E-state index contributed by atoms with van der Waals surface area (Å²) in [4.78, 5) is 0. The molecule has 2 aromatic rings. The second kappa shape index (κ2) is 7.56. The van der Waals surface area contributed by atoms with E-state index in [1.54, 1.807) is 11.3 Å². The minimum Gasteiger partial charge on any atom is -0.310 e. The monoisotopic (exact) mass is 369 g/mol. The van der Waals surface area contributed by atoms with Gasteiger partial charge in [-0.15, -0.1) is 0 Å². The van der Waals surface area contributed by atoms with Crippen molar-refractivity contribution in [1.82, 2.24) is 15.1 Å². The molecule has 1 N–H and O–H groups in total. The van der Waals surface area contributed by atoms with Gasteiger partial charge in [-0.05, 0) is 72.1 Å². The summed E-state index contributed by atoms with van der Waals surface area (Å²) in [5, 5.41) is 12.6. The van der Waals surface area contributed by atoms with Crippen LogP contribution in [0.25, 0.3) is 0 Å². The van der Waals surface area contributed by atoms with Gasteiger partial charge < -0.3 is 5.32 Å². The second-order valence-electron chi connectivity index (χ2n) is 5.49. The van der Waals surface area contributed by atoms with Crippen molar-refractivity contribution in [3.63, 3.8) is 0 Å². The number of hydrogen-bond acceptors (Lipinski definition) is 3. The standard InChI is InChI=1S/C16H24BrN3S/c1-5-8-18-16(14-9-21-10-15(14)17)7-6-13-11(2)19-20(4)12(13)3/h9-10,16,18H,5-8H2,1-4H3. The molecule has 2 rings (SSSR count). The molecule has 0 radical (unpaired) electrons. The first kappa shape index (κ1) is 16.7. The Balaban J connectivity index is 2.10. The number of hydrogen-bond donors (Lipinski definition) is 1. The molecule has 0 aliphatic carbocycles. The number of thiophene rings is 1. The second-order valence-corrected chi connectivity index (χ2v) is 7.09. The van der Waals surface area contributed by atoms with E-state index in [0.29, 0.717) is 6.04 Å². The molecule has 0 fully saturated rings. The fraction of sp³-hybridized carbons (Fsp3) is 0.562. The molecule has 21 heavy (non-hydrogen) atoms. The molecule has 0 bridgehead atoms. The van der Waals surface area contributed by atoms with E-state index in [2.05, 4.69) is 57.9 Å². The Labute approximate surface area is 139 Å². The minimum absolute atomic E-state index is 0.407. The van der Waals surface area contributed by atoms with Crippen LogP contribution in [0.15, 0.2) is 15.2 Å². The maximum Gasteiger partial charge on any atom is 0.0628 e. The Hall–Kier alpha value is -0.650. The summed E-state index contributed by atoms with van der Waals surface area (Å²) in [6.45, 7) is 7.53. The predicted molar refractivity (Wildman–Crippen MR) is 94.1 cm³/mol. The lowest BCUT2D eigenvalue weighted by atomic mass is 10.00. The first-order valence-corrected chi connectivity index (χ1v) is 9.22. The zero-order valence-electron chi connectivity index (χ0n) is 13.2. The van der Waals surface area contributed by atoms with E-state index in [9.17, 15) is 0 Å². The average molecular weight is 370 g/mol. The summed E-state index contributed by atoms with van der Waals surface area (Å²) in [6, 6.07) is 0.407. The fourth-order valence-electron chi connectivity index (χ4n) is 2.69. The topological polar surface area (TPSA) is 29.9 Å². The van der Waals surface area contributed by atoms with Crippen LogP contribution in [0, 0.1) is 13.8 Å². The van der Waals surface area contributed by atoms with Crippen LogP contribution in [0.1, 0.15) is 48.3 Å². The number of nitrogens with zero attached hydrogens (tertiary/aromatic N) is 2. The SMILES string of the molecule is CCCNC(CCc1c(C)nn(C)c1C)c1cscc1Br. The molecule has 2 heterocycles. The average Bonchev–Trinajstić information content (AvgIpc) is 2.97. The lowest BCUT2D eigenvalue weighted by Gasteiger charge is -2.18. The number of aryl methyl sites for hydroxylation is 2. The third-order valence-electron chi connectivity index (χ3n) is 4.00. The van der Waals surface area contributed by atoms with E-state index in [1.807, 2.05) is 11.7 Å². The van der Waals surface area contributed by atoms with Crippen molar-refractivity contribution in [2.24, 2.45) is 7.05 Å². The van der Waals surface area contributed by atoms with E-state index in [4.69, 9.17) is 0 Å². The fourth-order valence-corrected chi connectivity index (χ4v) is 4.32. The van der Waals surface area contributed by atoms with Crippen LogP contribution >= 0.6 is 27.3 Å². The molecule has 5 heteroatoms. The lowest BCUT2D eigenvalue weighted by molar-refractivity contribution is 0.498. The molecule has 0 amide bonds. The highest BCUT2D eigenvalue weighted by molar-refractivity contribution is 9.10. The first-order chi connectivity index (χ1) is 10.0. The zero-order chi connectivity index (χ0) is 15.4. The largest absolute Gasteiger partial charge is 0.310 e. The van der Waals surface area contributed by atoms with Crippen LogP contribution in [-0.2, 0) is 13.5 Å². The van der Waals surface area contributed by atoms with Crippen molar-refractivity contribution in [3.8, 4) is 0 Å². The van der Waals surface area contributed by atoms with Crippen LogP contribution in [-0.4, -0.2) is 16.3 Å². The van der Waals surface area contributed by atoms with E-state index in [1.165, 1.54) is 21.3 Å². The van der Waals surface area contributed by atoms with Gasteiger partial charge in [0.2, 0.25) is 0 Å². The zero-order valence-corrected chi connectivity index (χ0v) is 15.6. The van der Waals surface area contributed by atoms with Gasteiger partial charge in [-0.1, -0.05) is 6.92 Å². The Bertz CT molecular complexity index is 588.